The molecule has 0 heterocycles. The lowest BCUT2D eigenvalue weighted by Crippen LogP contribution is -2.54. The number of amides is 3. The molecule has 45 heavy (non-hydrogen) atoms. The van der Waals surface area contributed by atoms with Crippen molar-refractivity contribution in [2.24, 2.45) is 0 Å². The van der Waals surface area contributed by atoms with Crippen molar-refractivity contribution in [2.75, 3.05) is 19.7 Å². The van der Waals surface area contributed by atoms with Gasteiger partial charge in [-0.2, -0.15) is 0 Å². The number of hydrogen-bond acceptors (Lipinski definition) is 6. The van der Waals surface area contributed by atoms with Crippen molar-refractivity contribution in [3.63, 3.8) is 0 Å². The molecule has 2 rings (SSSR count). The second-order valence-corrected chi connectivity index (χ2v) is 12.5. The summed E-state index contributed by atoms with van der Waals surface area (Å²) in [6.07, 6.45) is 4.28. The number of ether oxygens (including phenoxy) is 2. The van der Waals surface area contributed by atoms with E-state index in [-0.39, 0.29) is 31.9 Å². The minimum Gasteiger partial charge on any atom is -0.466 e. The van der Waals surface area contributed by atoms with Crippen LogP contribution in [0.2, 0.25) is 0 Å². The Bertz CT molecular complexity index is 1220. The Morgan fingerprint density at radius 3 is 2.13 bits per heavy atom. The Morgan fingerprint density at radius 1 is 0.889 bits per heavy atom. The molecular formula is C36H53N3O6. The Hall–Kier alpha value is -3.88. The van der Waals surface area contributed by atoms with Crippen LogP contribution in [0, 0.1) is 13.8 Å². The Morgan fingerprint density at radius 2 is 1.53 bits per heavy atom. The minimum atomic E-state index is -0.987. The molecule has 2 aromatic rings. The van der Waals surface area contributed by atoms with Crippen molar-refractivity contribution in [2.45, 2.75) is 111 Å². The number of esters is 1. The van der Waals surface area contributed by atoms with Crippen LogP contribution in [0.25, 0.3) is 0 Å². The zero-order valence-electron chi connectivity index (χ0n) is 28.2. The van der Waals surface area contributed by atoms with Gasteiger partial charge in [0.2, 0.25) is 11.8 Å². The predicted octanol–water partition coefficient (Wildman–Crippen LogP) is 6.35. The van der Waals surface area contributed by atoms with Gasteiger partial charge in [-0.25, -0.2) is 4.79 Å². The maximum absolute atomic E-state index is 14.6. The number of benzene rings is 2. The van der Waals surface area contributed by atoms with Crippen molar-refractivity contribution >= 4 is 23.9 Å². The van der Waals surface area contributed by atoms with E-state index in [4.69, 9.17) is 9.47 Å². The fourth-order valence-electron chi connectivity index (χ4n) is 5.21. The molecule has 0 radical (unpaired) electrons. The van der Waals surface area contributed by atoms with Gasteiger partial charge in [0.05, 0.1) is 13.0 Å². The number of aryl methyl sites for hydroxylation is 2. The molecule has 0 aromatic heterocycles. The van der Waals surface area contributed by atoms with Crippen molar-refractivity contribution < 1.29 is 28.7 Å². The first kappa shape index (κ1) is 37.3. The molecule has 0 spiro atoms. The summed E-state index contributed by atoms with van der Waals surface area (Å²) in [5.41, 5.74) is 2.68. The van der Waals surface area contributed by atoms with Gasteiger partial charge in [-0.1, -0.05) is 92.3 Å². The van der Waals surface area contributed by atoms with Crippen LogP contribution >= 0.6 is 0 Å². The minimum absolute atomic E-state index is 0.0148. The SMILES string of the molecule is CCCCCCCN(C(=O)C(Cc1ccccc1)NC(=O)OC(C)(C)C)C(C(=O)NCCC(=O)OCC)c1cc(C)cc(C)c1. The topological polar surface area (TPSA) is 114 Å². The van der Waals surface area contributed by atoms with Crippen LogP contribution in [0.1, 0.15) is 101 Å². The lowest BCUT2D eigenvalue weighted by atomic mass is 9.97. The van der Waals surface area contributed by atoms with E-state index in [1.165, 1.54) is 0 Å². The van der Waals surface area contributed by atoms with Gasteiger partial charge in [0.15, 0.2) is 0 Å². The van der Waals surface area contributed by atoms with E-state index >= 15 is 0 Å². The van der Waals surface area contributed by atoms with Gasteiger partial charge in [0, 0.05) is 19.5 Å². The highest BCUT2D eigenvalue weighted by Gasteiger charge is 2.36. The van der Waals surface area contributed by atoms with Crippen LogP contribution in [-0.2, 0) is 30.3 Å². The van der Waals surface area contributed by atoms with Crippen molar-refractivity contribution in [1.82, 2.24) is 15.5 Å². The monoisotopic (exact) mass is 623 g/mol. The highest BCUT2D eigenvalue weighted by Crippen LogP contribution is 2.26. The first-order chi connectivity index (χ1) is 21.3. The smallest absolute Gasteiger partial charge is 0.408 e. The average molecular weight is 624 g/mol. The van der Waals surface area contributed by atoms with Gasteiger partial charge in [0.25, 0.3) is 0 Å². The number of carbonyl (C=O) groups excluding carboxylic acids is 4. The molecule has 0 saturated heterocycles. The van der Waals surface area contributed by atoms with Gasteiger partial charge in [-0.3, -0.25) is 14.4 Å². The number of carbonyl (C=O) groups is 4. The summed E-state index contributed by atoms with van der Waals surface area (Å²) in [6.45, 7) is 13.7. The van der Waals surface area contributed by atoms with E-state index in [2.05, 4.69) is 17.6 Å². The maximum Gasteiger partial charge on any atom is 0.408 e. The van der Waals surface area contributed by atoms with E-state index in [9.17, 15) is 19.2 Å². The van der Waals surface area contributed by atoms with Crippen LogP contribution in [0.15, 0.2) is 48.5 Å². The number of alkyl carbamates (subject to hydrolysis) is 1. The number of nitrogens with zero attached hydrogens (tertiary/aromatic N) is 1. The Balaban J connectivity index is 2.55. The molecule has 2 unspecified atom stereocenters. The van der Waals surface area contributed by atoms with E-state index in [0.717, 1.165) is 42.4 Å². The van der Waals surface area contributed by atoms with Crippen LogP contribution in [-0.4, -0.2) is 60.1 Å². The fraction of sp³-hybridized carbons (Fsp3) is 0.556. The van der Waals surface area contributed by atoms with Crippen molar-refractivity contribution in [3.05, 3.63) is 70.8 Å². The summed E-state index contributed by atoms with van der Waals surface area (Å²) in [4.78, 5) is 55.2. The lowest BCUT2D eigenvalue weighted by Gasteiger charge is -2.35. The molecule has 2 atom stereocenters. The van der Waals surface area contributed by atoms with E-state index in [0.29, 0.717) is 18.5 Å². The average Bonchev–Trinajstić information content (AvgIpc) is 2.95. The Labute approximate surface area is 269 Å². The normalized spacial score (nSPS) is 12.5. The molecule has 9 heteroatoms. The zero-order chi connectivity index (χ0) is 33.4. The Kier molecular flexibility index (Phi) is 15.6. The van der Waals surface area contributed by atoms with E-state index < -0.39 is 35.7 Å². The van der Waals surface area contributed by atoms with Gasteiger partial charge in [0.1, 0.15) is 17.7 Å². The highest BCUT2D eigenvalue weighted by molar-refractivity contribution is 5.92. The molecule has 0 aliphatic rings. The summed E-state index contributed by atoms with van der Waals surface area (Å²) in [5, 5.41) is 5.68. The lowest BCUT2D eigenvalue weighted by molar-refractivity contribution is -0.144. The first-order valence-corrected chi connectivity index (χ1v) is 16.2. The van der Waals surface area contributed by atoms with Crippen LogP contribution in [0.5, 0.6) is 0 Å². The summed E-state index contributed by atoms with van der Waals surface area (Å²) in [6, 6.07) is 13.3. The summed E-state index contributed by atoms with van der Waals surface area (Å²) >= 11 is 0. The molecule has 2 aromatic carbocycles. The molecule has 9 nitrogen and oxygen atoms in total. The van der Waals surface area contributed by atoms with E-state index in [1.54, 1.807) is 32.6 Å². The second-order valence-electron chi connectivity index (χ2n) is 12.5. The van der Waals surface area contributed by atoms with Crippen molar-refractivity contribution in [1.29, 1.82) is 0 Å². The molecule has 0 aliphatic carbocycles. The maximum atomic E-state index is 14.6. The summed E-state index contributed by atoms with van der Waals surface area (Å²) < 4.78 is 10.6. The molecule has 0 bridgehead atoms. The molecule has 0 fully saturated rings. The standard InChI is InChI=1S/C36H53N3O6/c1-8-10-11-12-16-21-39(34(42)30(25-28-17-14-13-15-18-28)38-35(43)45-36(5,6)7)32(29-23-26(3)22-27(4)24-29)33(41)37-20-19-31(40)44-9-2/h13-15,17-18,22-24,30,32H,8-12,16,19-21,25H2,1-7H3,(H,37,41)(H,38,43). The molecule has 2 N–H and O–H groups in total. The third kappa shape index (κ3) is 13.7. The number of unbranched alkanes of at least 4 members (excludes halogenated alkanes) is 4. The largest absolute Gasteiger partial charge is 0.466 e. The summed E-state index contributed by atoms with van der Waals surface area (Å²) in [5.74, 6) is -1.19. The predicted molar refractivity (Wildman–Crippen MR) is 177 cm³/mol. The molecular weight excluding hydrogens is 570 g/mol. The van der Waals surface area contributed by atoms with Crippen LogP contribution in [0.3, 0.4) is 0 Å². The van der Waals surface area contributed by atoms with Crippen LogP contribution in [0.4, 0.5) is 4.79 Å². The summed E-state index contributed by atoms with van der Waals surface area (Å²) in [7, 11) is 0. The van der Waals surface area contributed by atoms with Crippen LogP contribution < -0.4 is 10.6 Å². The van der Waals surface area contributed by atoms with E-state index in [1.807, 2.05) is 62.4 Å². The molecule has 0 saturated carbocycles. The first-order valence-electron chi connectivity index (χ1n) is 16.2. The number of nitrogens with one attached hydrogen (secondary N) is 2. The van der Waals surface area contributed by atoms with Gasteiger partial charge in [-0.15, -0.1) is 0 Å². The second kappa shape index (κ2) is 18.8. The quantitative estimate of drug-likeness (QED) is 0.157. The third-order valence-electron chi connectivity index (χ3n) is 7.11. The van der Waals surface area contributed by atoms with Crippen molar-refractivity contribution in [3.8, 4) is 0 Å². The molecule has 3 amide bonds. The zero-order valence-corrected chi connectivity index (χ0v) is 28.2. The van der Waals surface area contributed by atoms with Gasteiger partial charge in [-0.05, 0) is 59.1 Å². The third-order valence-corrected chi connectivity index (χ3v) is 7.11. The number of hydrogen-bond donors (Lipinski definition) is 2. The molecule has 248 valence electrons. The fourth-order valence-corrected chi connectivity index (χ4v) is 5.21. The molecule has 0 aliphatic heterocycles. The highest BCUT2D eigenvalue weighted by atomic mass is 16.6. The van der Waals surface area contributed by atoms with Gasteiger partial charge < -0.3 is 25.0 Å². The van der Waals surface area contributed by atoms with Gasteiger partial charge >= 0.3 is 12.1 Å². The number of rotatable bonds is 17.